The third-order valence-electron chi connectivity index (χ3n) is 4.41. The van der Waals surface area contributed by atoms with Crippen molar-refractivity contribution >= 4 is 17.2 Å². The van der Waals surface area contributed by atoms with Crippen LogP contribution in [0, 0.1) is 0 Å². The largest absolute Gasteiger partial charge is 0.487 e. The third-order valence-corrected chi connectivity index (χ3v) is 5.05. The molecular weight excluding hydrogens is 386 g/mol. The van der Waals surface area contributed by atoms with Gasteiger partial charge in [0.15, 0.2) is 0 Å². The predicted octanol–water partition coefficient (Wildman–Crippen LogP) is 3.79. The topological polar surface area (TPSA) is 81.9 Å². The summed E-state index contributed by atoms with van der Waals surface area (Å²) in [5.41, 5.74) is 5.16. The number of nitrogens with one attached hydrogen (secondary N) is 1. The second-order valence-electron chi connectivity index (χ2n) is 6.42. The second-order valence-corrected chi connectivity index (χ2v) is 7.14. The van der Waals surface area contributed by atoms with Gasteiger partial charge in [0.2, 0.25) is 0 Å². The molecule has 0 saturated carbocycles. The second kappa shape index (κ2) is 8.66. The number of thiazole rings is 1. The molecule has 0 aliphatic rings. The van der Waals surface area contributed by atoms with E-state index in [-0.39, 0.29) is 11.9 Å². The molecule has 0 aliphatic heterocycles. The van der Waals surface area contributed by atoms with Crippen LogP contribution in [0.25, 0.3) is 5.69 Å². The summed E-state index contributed by atoms with van der Waals surface area (Å²) in [6, 6.07) is 14.8. The summed E-state index contributed by atoms with van der Waals surface area (Å²) in [5, 5.41) is 9.07. The highest BCUT2D eigenvalue weighted by atomic mass is 32.1. The van der Waals surface area contributed by atoms with Crippen molar-refractivity contribution in [2.45, 2.75) is 19.6 Å². The molecule has 0 radical (unpaired) electrons. The standard InChI is InChI=1S/C21H19N5O2S/c1-15(16-2-6-19(7-3-16)26-13-22-12-24-26)25-21(27)17-4-8-20(9-5-17)28-10-18-11-29-14-23-18/h2-9,11-15H,10H2,1H3,(H,25,27). The molecule has 7 nitrogen and oxygen atoms in total. The third kappa shape index (κ3) is 4.67. The van der Waals surface area contributed by atoms with Gasteiger partial charge in [0, 0.05) is 10.9 Å². The van der Waals surface area contributed by atoms with Crippen LogP contribution in [0.1, 0.15) is 34.6 Å². The van der Waals surface area contributed by atoms with Gasteiger partial charge in [-0.3, -0.25) is 4.79 Å². The van der Waals surface area contributed by atoms with Gasteiger partial charge in [0.1, 0.15) is 25.0 Å². The van der Waals surface area contributed by atoms with Crippen molar-refractivity contribution in [3.63, 3.8) is 0 Å². The number of carbonyl (C=O) groups excluding carboxylic acids is 1. The van der Waals surface area contributed by atoms with Crippen molar-refractivity contribution < 1.29 is 9.53 Å². The first-order valence-electron chi connectivity index (χ1n) is 9.05. The number of hydrogen-bond donors (Lipinski definition) is 1. The van der Waals surface area contributed by atoms with Crippen LogP contribution in [0.3, 0.4) is 0 Å². The van der Waals surface area contributed by atoms with Crippen molar-refractivity contribution in [3.05, 3.63) is 88.9 Å². The van der Waals surface area contributed by atoms with E-state index in [2.05, 4.69) is 20.4 Å². The van der Waals surface area contributed by atoms with Crippen molar-refractivity contribution in [1.29, 1.82) is 0 Å². The van der Waals surface area contributed by atoms with Gasteiger partial charge in [-0.25, -0.2) is 14.6 Å². The Balaban J connectivity index is 1.34. The Bertz CT molecular complexity index is 1050. The molecule has 4 rings (SSSR count). The van der Waals surface area contributed by atoms with Crippen molar-refractivity contribution in [1.82, 2.24) is 25.1 Å². The van der Waals surface area contributed by atoms with E-state index in [1.807, 2.05) is 36.6 Å². The lowest BCUT2D eigenvalue weighted by Gasteiger charge is -2.15. The normalized spacial score (nSPS) is 11.8. The minimum absolute atomic E-state index is 0.132. The van der Waals surface area contributed by atoms with Gasteiger partial charge in [-0.1, -0.05) is 12.1 Å². The molecule has 1 unspecified atom stereocenters. The van der Waals surface area contributed by atoms with Crippen LogP contribution in [0.15, 0.2) is 72.1 Å². The zero-order chi connectivity index (χ0) is 20.1. The number of nitrogens with zero attached hydrogens (tertiary/aromatic N) is 4. The number of aromatic nitrogens is 4. The maximum Gasteiger partial charge on any atom is 0.251 e. The Morgan fingerprint density at radius 2 is 1.97 bits per heavy atom. The fourth-order valence-corrected chi connectivity index (χ4v) is 3.33. The number of ether oxygens (including phenoxy) is 1. The highest BCUT2D eigenvalue weighted by molar-refractivity contribution is 7.07. The first-order valence-corrected chi connectivity index (χ1v) is 9.99. The first-order chi connectivity index (χ1) is 14.2. The van der Waals surface area contributed by atoms with E-state index >= 15 is 0 Å². The monoisotopic (exact) mass is 405 g/mol. The number of amides is 1. The van der Waals surface area contributed by atoms with Crippen LogP contribution in [0.2, 0.25) is 0 Å². The summed E-state index contributed by atoms with van der Waals surface area (Å²) in [4.78, 5) is 20.7. The molecule has 2 heterocycles. The maximum absolute atomic E-state index is 12.6. The summed E-state index contributed by atoms with van der Waals surface area (Å²) in [7, 11) is 0. The zero-order valence-corrected chi connectivity index (χ0v) is 16.5. The quantitative estimate of drug-likeness (QED) is 0.506. The SMILES string of the molecule is CC(NC(=O)c1ccc(OCc2cscn2)cc1)c1ccc(-n2cncn2)cc1. The van der Waals surface area contributed by atoms with E-state index in [0.717, 1.165) is 16.9 Å². The lowest BCUT2D eigenvalue weighted by molar-refractivity contribution is 0.0940. The van der Waals surface area contributed by atoms with Crippen molar-refractivity contribution in [3.8, 4) is 11.4 Å². The molecule has 0 saturated heterocycles. The lowest BCUT2D eigenvalue weighted by atomic mass is 10.1. The fourth-order valence-electron chi connectivity index (χ4n) is 2.79. The van der Waals surface area contributed by atoms with E-state index in [1.54, 1.807) is 40.8 Å². The van der Waals surface area contributed by atoms with E-state index in [1.165, 1.54) is 17.7 Å². The van der Waals surface area contributed by atoms with Gasteiger partial charge >= 0.3 is 0 Å². The summed E-state index contributed by atoms with van der Waals surface area (Å²) < 4.78 is 7.36. The highest BCUT2D eigenvalue weighted by Crippen LogP contribution is 2.18. The molecule has 2 aromatic carbocycles. The summed E-state index contributed by atoms with van der Waals surface area (Å²) in [6.45, 7) is 2.37. The predicted molar refractivity (Wildman–Crippen MR) is 110 cm³/mol. The number of hydrogen-bond acceptors (Lipinski definition) is 6. The van der Waals surface area contributed by atoms with Crippen LogP contribution >= 0.6 is 11.3 Å². The Hall–Kier alpha value is -3.52. The van der Waals surface area contributed by atoms with Gasteiger partial charge in [0.25, 0.3) is 5.91 Å². The molecule has 0 aliphatic carbocycles. The molecule has 0 bridgehead atoms. The molecule has 2 aromatic heterocycles. The summed E-state index contributed by atoms with van der Waals surface area (Å²) in [6.07, 6.45) is 3.14. The number of carbonyl (C=O) groups is 1. The number of rotatable bonds is 7. The van der Waals surface area contributed by atoms with Gasteiger partial charge < -0.3 is 10.1 Å². The van der Waals surface area contributed by atoms with Crippen LogP contribution in [0.5, 0.6) is 5.75 Å². The van der Waals surface area contributed by atoms with Crippen molar-refractivity contribution in [2.24, 2.45) is 0 Å². The van der Waals surface area contributed by atoms with E-state index in [0.29, 0.717) is 17.9 Å². The molecule has 0 fully saturated rings. The molecule has 8 heteroatoms. The molecule has 4 aromatic rings. The molecule has 1 amide bonds. The number of benzene rings is 2. The zero-order valence-electron chi connectivity index (χ0n) is 15.7. The van der Waals surface area contributed by atoms with Gasteiger partial charge in [0.05, 0.1) is 22.9 Å². The summed E-state index contributed by atoms with van der Waals surface area (Å²) >= 11 is 1.53. The smallest absolute Gasteiger partial charge is 0.251 e. The van der Waals surface area contributed by atoms with Crippen LogP contribution in [-0.2, 0) is 6.61 Å². The van der Waals surface area contributed by atoms with Gasteiger partial charge in [-0.15, -0.1) is 11.3 Å². The Labute approximate surface area is 172 Å². The average molecular weight is 405 g/mol. The Kier molecular flexibility index (Phi) is 5.62. The molecular formula is C21H19N5O2S. The summed E-state index contributed by atoms with van der Waals surface area (Å²) in [5.74, 6) is 0.565. The first kappa shape index (κ1) is 18.8. The highest BCUT2D eigenvalue weighted by Gasteiger charge is 2.12. The fraction of sp³-hybridized carbons (Fsp3) is 0.143. The molecule has 29 heavy (non-hydrogen) atoms. The van der Waals surface area contributed by atoms with E-state index in [4.69, 9.17) is 4.74 Å². The average Bonchev–Trinajstić information content (AvgIpc) is 3.47. The lowest BCUT2D eigenvalue weighted by Crippen LogP contribution is -2.26. The molecule has 1 N–H and O–H groups in total. The van der Waals surface area contributed by atoms with E-state index in [9.17, 15) is 4.79 Å². The minimum Gasteiger partial charge on any atom is -0.487 e. The molecule has 146 valence electrons. The van der Waals surface area contributed by atoms with E-state index < -0.39 is 0 Å². The Morgan fingerprint density at radius 3 is 2.62 bits per heavy atom. The van der Waals surface area contributed by atoms with Gasteiger partial charge in [-0.2, -0.15) is 5.10 Å². The van der Waals surface area contributed by atoms with Crippen LogP contribution in [0.4, 0.5) is 0 Å². The minimum atomic E-state index is -0.135. The van der Waals surface area contributed by atoms with Crippen LogP contribution < -0.4 is 10.1 Å². The van der Waals surface area contributed by atoms with Crippen LogP contribution in [-0.4, -0.2) is 25.7 Å². The molecule has 0 spiro atoms. The maximum atomic E-state index is 12.6. The van der Waals surface area contributed by atoms with Gasteiger partial charge in [-0.05, 0) is 48.9 Å². The molecule has 1 atom stereocenters. The Morgan fingerprint density at radius 1 is 1.17 bits per heavy atom. The van der Waals surface area contributed by atoms with Crippen molar-refractivity contribution in [2.75, 3.05) is 0 Å².